The van der Waals surface area contributed by atoms with Crippen LogP contribution >= 0.6 is 0 Å². The highest BCUT2D eigenvalue weighted by molar-refractivity contribution is 6.74. The molecule has 0 aromatic carbocycles. The summed E-state index contributed by atoms with van der Waals surface area (Å²) in [5.74, 6) is 3.00. The average Bonchev–Trinajstić information content (AvgIpc) is 2.28. The lowest BCUT2D eigenvalue weighted by Crippen LogP contribution is -2.56. The molecule has 1 fully saturated rings. The van der Waals surface area contributed by atoms with E-state index >= 15 is 0 Å². The first kappa shape index (κ1) is 16.7. The zero-order valence-corrected chi connectivity index (χ0v) is 14.3. The van der Waals surface area contributed by atoms with Crippen LogP contribution < -0.4 is 0 Å². The van der Waals surface area contributed by atoms with Crippen LogP contribution in [0.4, 0.5) is 0 Å². The second-order valence-corrected chi connectivity index (χ2v) is 11.7. The third-order valence-corrected chi connectivity index (χ3v) is 8.87. The first-order chi connectivity index (χ1) is 8.64. The summed E-state index contributed by atoms with van der Waals surface area (Å²) in [4.78, 5) is 0. The Morgan fingerprint density at radius 3 is 2.26 bits per heavy atom. The van der Waals surface area contributed by atoms with Crippen LogP contribution in [0.1, 0.15) is 27.7 Å². The maximum Gasteiger partial charge on any atom is 0.192 e. The molecule has 0 N–H and O–H groups in total. The van der Waals surface area contributed by atoms with Gasteiger partial charge in [-0.3, -0.25) is 0 Å². The predicted molar refractivity (Wildman–Crippen MR) is 80.6 cm³/mol. The van der Waals surface area contributed by atoms with Crippen molar-refractivity contribution in [3.63, 3.8) is 0 Å². The molecular formula is C15H28O3Si. The highest BCUT2D eigenvalue weighted by Gasteiger charge is 2.46. The topological polar surface area (TPSA) is 27.7 Å². The number of terminal acetylenes is 1. The van der Waals surface area contributed by atoms with E-state index in [1.807, 2.05) is 0 Å². The van der Waals surface area contributed by atoms with E-state index in [1.165, 1.54) is 0 Å². The van der Waals surface area contributed by atoms with Crippen LogP contribution in [0.25, 0.3) is 0 Å². The molecule has 0 radical (unpaired) electrons. The van der Waals surface area contributed by atoms with E-state index in [0.29, 0.717) is 12.5 Å². The third-order valence-electron chi connectivity index (χ3n) is 4.40. The van der Waals surface area contributed by atoms with E-state index in [4.69, 9.17) is 20.3 Å². The van der Waals surface area contributed by atoms with E-state index in [1.54, 1.807) is 7.11 Å². The zero-order valence-electron chi connectivity index (χ0n) is 13.3. The Bertz CT molecular complexity index is 340. The van der Waals surface area contributed by atoms with Crippen LogP contribution in [0.3, 0.4) is 0 Å². The van der Waals surface area contributed by atoms with Gasteiger partial charge in [-0.25, -0.2) is 0 Å². The van der Waals surface area contributed by atoms with E-state index in [-0.39, 0.29) is 23.4 Å². The van der Waals surface area contributed by atoms with Gasteiger partial charge in [0.05, 0.1) is 12.7 Å². The van der Waals surface area contributed by atoms with E-state index in [0.717, 1.165) is 0 Å². The van der Waals surface area contributed by atoms with Gasteiger partial charge in [0, 0.05) is 13.0 Å². The molecule has 0 amide bonds. The Morgan fingerprint density at radius 2 is 1.84 bits per heavy atom. The maximum absolute atomic E-state index is 6.47. The molecule has 1 rings (SSSR count). The summed E-state index contributed by atoms with van der Waals surface area (Å²) < 4.78 is 17.8. The molecule has 1 aliphatic rings. The molecule has 110 valence electrons. The van der Waals surface area contributed by atoms with Crippen molar-refractivity contribution in [2.75, 3.05) is 13.7 Å². The smallest absolute Gasteiger partial charge is 0.192 e. The van der Waals surface area contributed by atoms with Gasteiger partial charge in [-0.05, 0) is 18.1 Å². The molecule has 0 aromatic rings. The molecule has 1 heterocycles. The van der Waals surface area contributed by atoms with Crippen molar-refractivity contribution in [3.8, 4) is 12.3 Å². The van der Waals surface area contributed by atoms with Crippen molar-refractivity contribution in [1.29, 1.82) is 0 Å². The maximum atomic E-state index is 6.47. The van der Waals surface area contributed by atoms with Gasteiger partial charge in [0.25, 0.3) is 0 Å². The lowest BCUT2D eigenvalue weighted by Gasteiger charge is -2.45. The zero-order chi connectivity index (χ0) is 14.8. The van der Waals surface area contributed by atoms with E-state index in [9.17, 15) is 0 Å². The molecule has 0 unspecified atom stereocenters. The Labute approximate surface area is 119 Å². The van der Waals surface area contributed by atoms with Gasteiger partial charge < -0.3 is 13.9 Å². The van der Waals surface area contributed by atoms with E-state index < -0.39 is 8.32 Å². The Kier molecular flexibility index (Phi) is 5.25. The fraction of sp³-hybridized carbons (Fsp3) is 0.867. The third kappa shape index (κ3) is 3.60. The highest BCUT2D eigenvalue weighted by Crippen LogP contribution is 2.39. The second-order valence-electron chi connectivity index (χ2n) is 6.94. The first-order valence-electron chi connectivity index (χ1n) is 6.92. The summed E-state index contributed by atoms with van der Waals surface area (Å²) in [6.45, 7) is 13.9. The van der Waals surface area contributed by atoms with Crippen molar-refractivity contribution in [3.05, 3.63) is 0 Å². The monoisotopic (exact) mass is 284 g/mol. The van der Waals surface area contributed by atoms with Crippen LogP contribution in [-0.4, -0.2) is 40.3 Å². The highest BCUT2D eigenvalue weighted by atomic mass is 28.4. The van der Waals surface area contributed by atoms with Gasteiger partial charge in [-0.15, -0.1) is 6.42 Å². The molecule has 0 saturated carbocycles. The summed E-state index contributed by atoms with van der Waals surface area (Å²) in [7, 11) is -0.169. The van der Waals surface area contributed by atoms with Gasteiger partial charge in [-0.1, -0.05) is 33.6 Å². The largest absolute Gasteiger partial charge is 0.408 e. The number of hydrogen-bond acceptors (Lipinski definition) is 3. The molecule has 0 aromatic heterocycles. The molecule has 1 aliphatic heterocycles. The minimum absolute atomic E-state index is 0.00363. The Hall–Kier alpha value is -0.343. The molecule has 4 heteroatoms. The van der Waals surface area contributed by atoms with Gasteiger partial charge in [-0.2, -0.15) is 0 Å². The minimum atomic E-state index is -1.89. The summed E-state index contributed by atoms with van der Waals surface area (Å²) in [5, 5.41) is 0.144. The van der Waals surface area contributed by atoms with Crippen molar-refractivity contribution >= 4 is 8.32 Å². The quantitative estimate of drug-likeness (QED) is 0.589. The summed E-state index contributed by atoms with van der Waals surface area (Å²) >= 11 is 0. The van der Waals surface area contributed by atoms with Crippen LogP contribution in [0.5, 0.6) is 0 Å². The molecular weight excluding hydrogens is 256 g/mol. The summed E-state index contributed by atoms with van der Waals surface area (Å²) in [6, 6.07) is 0. The van der Waals surface area contributed by atoms with Gasteiger partial charge >= 0.3 is 0 Å². The first-order valence-corrected chi connectivity index (χ1v) is 9.83. The number of ether oxygens (including phenoxy) is 2. The molecule has 0 spiro atoms. The van der Waals surface area contributed by atoms with Gasteiger partial charge in [0.1, 0.15) is 12.2 Å². The lowest BCUT2D eigenvalue weighted by atomic mass is 9.94. The summed E-state index contributed by atoms with van der Waals surface area (Å²) in [6.07, 6.45) is 5.12. The molecule has 4 atom stereocenters. The average molecular weight is 284 g/mol. The van der Waals surface area contributed by atoms with Crippen molar-refractivity contribution in [2.45, 2.75) is 64.1 Å². The lowest BCUT2D eigenvalue weighted by molar-refractivity contribution is -0.146. The Balaban J connectivity index is 2.95. The molecule has 0 bridgehead atoms. The number of methoxy groups -OCH3 is 1. The molecule has 19 heavy (non-hydrogen) atoms. The fourth-order valence-electron chi connectivity index (χ4n) is 2.10. The minimum Gasteiger partial charge on any atom is -0.408 e. The molecule has 3 nitrogen and oxygen atoms in total. The normalized spacial score (nSPS) is 32.9. The van der Waals surface area contributed by atoms with Crippen molar-refractivity contribution in [1.82, 2.24) is 0 Å². The van der Waals surface area contributed by atoms with Crippen LogP contribution in [0.2, 0.25) is 18.1 Å². The number of hydrogen-bond donors (Lipinski definition) is 0. The molecule has 0 aliphatic carbocycles. The SMILES string of the molecule is C#C[C@@H]1OC[C@H](C)[C@H](OC)[C@H]1O[Si](C)(C)C(C)(C)C. The van der Waals surface area contributed by atoms with Gasteiger partial charge in [0.15, 0.2) is 8.32 Å². The van der Waals surface area contributed by atoms with E-state index in [2.05, 4.69) is 46.7 Å². The van der Waals surface area contributed by atoms with Crippen LogP contribution in [0, 0.1) is 18.3 Å². The van der Waals surface area contributed by atoms with Crippen LogP contribution in [0.15, 0.2) is 0 Å². The Morgan fingerprint density at radius 1 is 1.26 bits per heavy atom. The second kappa shape index (κ2) is 5.97. The van der Waals surface area contributed by atoms with Crippen molar-refractivity contribution < 1.29 is 13.9 Å². The van der Waals surface area contributed by atoms with Crippen molar-refractivity contribution in [2.24, 2.45) is 5.92 Å². The fourth-order valence-corrected chi connectivity index (χ4v) is 3.39. The van der Waals surface area contributed by atoms with Gasteiger partial charge in [0.2, 0.25) is 0 Å². The molecule has 1 saturated heterocycles. The predicted octanol–water partition coefficient (Wildman–Crippen LogP) is 3.06. The van der Waals surface area contributed by atoms with Crippen LogP contribution in [-0.2, 0) is 13.9 Å². The summed E-state index contributed by atoms with van der Waals surface area (Å²) in [5.41, 5.74) is 0. The standard InChI is InChI=1S/C15H28O3Si/c1-9-12-14(13(16-6)11(2)10-17-12)18-19(7,8)15(3,4)5/h1,11-14H,10H2,2-8H3/t11-,12-,13-,14-/m0/s1. The number of rotatable bonds is 3.